The minimum Gasteiger partial charge on any atom is -0.388 e. The van der Waals surface area contributed by atoms with Gasteiger partial charge in [0.15, 0.2) is 0 Å². The van der Waals surface area contributed by atoms with Crippen LogP contribution >= 0.6 is 11.6 Å². The lowest BCUT2D eigenvalue weighted by Gasteiger charge is -1.95. The van der Waals surface area contributed by atoms with E-state index in [4.69, 9.17) is 20.8 Å². The van der Waals surface area contributed by atoms with Crippen LogP contribution in [0.4, 0.5) is 0 Å². The number of carbonyl (C=O) groups excluding carboxylic acids is 1. The minimum atomic E-state index is -0.420. The maximum absolute atomic E-state index is 11.0. The number of aromatic nitrogens is 2. The summed E-state index contributed by atoms with van der Waals surface area (Å²) >= 11 is 5.76. The highest BCUT2D eigenvalue weighted by Gasteiger charge is 2.11. The number of rotatable bonds is 3. The first-order chi connectivity index (χ1) is 8.19. The van der Waals surface area contributed by atoms with E-state index in [2.05, 4.69) is 10.2 Å². The van der Waals surface area contributed by atoms with E-state index in [9.17, 15) is 4.79 Å². The van der Waals surface area contributed by atoms with Crippen molar-refractivity contribution >= 4 is 17.6 Å². The van der Waals surface area contributed by atoms with Crippen LogP contribution in [0.15, 0.2) is 28.7 Å². The first-order valence-electron chi connectivity index (χ1n) is 4.99. The molecule has 1 heterocycles. The third kappa shape index (κ3) is 2.82. The highest BCUT2D eigenvalue weighted by atomic mass is 35.5. The lowest BCUT2D eigenvalue weighted by Crippen LogP contribution is -2.05. The van der Waals surface area contributed by atoms with Gasteiger partial charge in [0.2, 0.25) is 0 Å². The normalized spacial score (nSPS) is 10.2. The molecule has 0 amide bonds. The molecular weight excluding hydrogens is 244 g/mol. The van der Waals surface area contributed by atoms with Crippen molar-refractivity contribution in [2.45, 2.75) is 13.3 Å². The van der Waals surface area contributed by atoms with Gasteiger partial charge in [-0.15, -0.1) is 5.10 Å². The molecule has 0 unspecified atom stereocenters. The van der Waals surface area contributed by atoms with Gasteiger partial charge in [0.1, 0.15) is 0 Å². The van der Waals surface area contributed by atoms with Crippen molar-refractivity contribution in [3.8, 4) is 17.5 Å². The average molecular weight is 253 g/mol. The van der Waals surface area contributed by atoms with E-state index in [0.717, 1.165) is 0 Å². The summed E-state index contributed by atoms with van der Waals surface area (Å²) in [6.07, 6.45) is 0.0976. The molecule has 2 aromatic rings. The Hall–Kier alpha value is -1.88. The standard InChI is InChI=1S/C11H9ClN2O3/c1-2-9(15)16-11-14-13-10(17-11)7-3-5-8(12)6-4-7/h3-6H,2H2,1H3. The van der Waals surface area contributed by atoms with Gasteiger partial charge >= 0.3 is 12.0 Å². The molecule has 17 heavy (non-hydrogen) atoms. The Morgan fingerprint density at radius 1 is 1.35 bits per heavy atom. The van der Waals surface area contributed by atoms with E-state index in [-0.39, 0.29) is 18.4 Å². The lowest BCUT2D eigenvalue weighted by molar-refractivity contribution is -0.135. The van der Waals surface area contributed by atoms with Gasteiger partial charge in [0.05, 0.1) is 0 Å². The highest BCUT2D eigenvalue weighted by Crippen LogP contribution is 2.22. The zero-order chi connectivity index (χ0) is 12.3. The molecule has 0 saturated heterocycles. The summed E-state index contributed by atoms with van der Waals surface area (Å²) < 4.78 is 9.96. The molecule has 0 atom stereocenters. The molecule has 0 spiro atoms. The van der Waals surface area contributed by atoms with Crippen LogP contribution in [0.1, 0.15) is 13.3 Å². The van der Waals surface area contributed by atoms with E-state index in [1.54, 1.807) is 31.2 Å². The van der Waals surface area contributed by atoms with Crippen molar-refractivity contribution < 1.29 is 13.9 Å². The molecule has 0 bridgehead atoms. The fraction of sp³-hybridized carbons (Fsp3) is 0.182. The Balaban J connectivity index is 2.18. The second kappa shape index (κ2) is 4.97. The van der Waals surface area contributed by atoms with Crippen molar-refractivity contribution in [3.63, 3.8) is 0 Å². The smallest absolute Gasteiger partial charge is 0.388 e. The first kappa shape index (κ1) is 11.6. The number of esters is 1. The number of carbonyl (C=O) groups is 1. The van der Waals surface area contributed by atoms with E-state index in [1.165, 1.54) is 0 Å². The van der Waals surface area contributed by atoms with Gasteiger partial charge < -0.3 is 9.15 Å². The summed E-state index contributed by atoms with van der Waals surface area (Å²) in [6, 6.07) is 6.89. The Morgan fingerprint density at radius 2 is 2.06 bits per heavy atom. The van der Waals surface area contributed by atoms with Gasteiger partial charge in [-0.1, -0.05) is 23.6 Å². The van der Waals surface area contributed by atoms with Crippen LogP contribution in [0.25, 0.3) is 11.5 Å². The largest absolute Gasteiger partial charge is 0.422 e. The third-order valence-corrected chi connectivity index (χ3v) is 2.24. The van der Waals surface area contributed by atoms with Crippen molar-refractivity contribution in [2.75, 3.05) is 0 Å². The number of ether oxygens (including phenoxy) is 1. The van der Waals surface area contributed by atoms with E-state index in [1.807, 2.05) is 0 Å². The molecule has 5 nitrogen and oxygen atoms in total. The van der Waals surface area contributed by atoms with Crippen LogP contribution in [0.2, 0.25) is 5.02 Å². The zero-order valence-electron chi connectivity index (χ0n) is 9.01. The predicted octanol–water partition coefficient (Wildman–Crippen LogP) is 2.71. The summed E-state index contributed by atoms with van der Waals surface area (Å²) in [5.74, 6) is -0.142. The van der Waals surface area contributed by atoms with Crippen LogP contribution in [0.5, 0.6) is 6.08 Å². The highest BCUT2D eigenvalue weighted by molar-refractivity contribution is 6.30. The maximum Gasteiger partial charge on any atom is 0.422 e. The lowest BCUT2D eigenvalue weighted by atomic mass is 10.2. The molecule has 0 radical (unpaired) electrons. The molecule has 0 aliphatic carbocycles. The summed E-state index contributed by atoms with van der Waals surface area (Å²) in [6.45, 7) is 1.68. The monoisotopic (exact) mass is 252 g/mol. The van der Waals surface area contributed by atoms with Crippen molar-refractivity contribution in [2.24, 2.45) is 0 Å². The van der Waals surface area contributed by atoms with Gasteiger partial charge in [-0.25, -0.2) is 0 Å². The van der Waals surface area contributed by atoms with Gasteiger partial charge in [-0.05, 0) is 24.3 Å². The molecule has 1 aromatic carbocycles. The number of benzene rings is 1. The van der Waals surface area contributed by atoms with Crippen LogP contribution in [-0.2, 0) is 4.79 Å². The first-order valence-corrected chi connectivity index (χ1v) is 5.37. The van der Waals surface area contributed by atoms with Crippen molar-refractivity contribution in [3.05, 3.63) is 29.3 Å². The van der Waals surface area contributed by atoms with E-state index >= 15 is 0 Å². The molecule has 0 saturated carbocycles. The second-order valence-electron chi connectivity index (χ2n) is 3.21. The number of nitrogens with zero attached hydrogens (tertiary/aromatic N) is 2. The summed E-state index contributed by atoms with van der Waals surface area (Å²) in [5, 5.41) is 7.99. The Labute approximate surface area is 102 Å². The summed E-state index contributed by atoms with van der Waals surface area (Å²) in [4.78, 5) is 11.0. The van der Waals surface area contributed by atoms with Crippen LogP contribution in [0, 0.1) is 0 Å². The fourth-order valence-corrected chi connectivity index (χ4v) is 1.26. The van der Waals surface area contributed by atoms with Crippen LogP contribution in [0.3, 0.4) is 0 Å². The molecule has 88 valence electrons. The van der Waals surface area contributed by atoms with Gasteiger partial charge in [0.25, 0.3) is 5.89 Å². The van der Waals surface area contributed by atoms with Gasteiger partial charge in [-0.2, -0.15) is 0 Å². The Morgan fingerprint density at radius 3 is 2.71 bits per heavy atom. The van der Waals surface area contributed by atoms with Crippen LogP contribution in [-0.4, -0.2) is 16.2 Å². The van der Waals surface area contributed by atoms with Gasteiger partial charge in [0, 0.05) is 17.0 Å². The summed E-state index contributed by atoms with van der Waals surface area (Å²) in [7, 11) is 0. The SMILES string of the molecule is CCC(=O)Oc1nnc(-c2ccc(Cl)cc2)o1. The molecular formula is C11H9ClN2O3. The van der Waals surface area contributed by atoms with E-state index < -0.39 is 5.97 Å². The second-order valence-corrected chi connectivity index (χ2v) is 3.64. The average Bonchev–Trinajstić information content (AvgIpc) is 2.78. The number of hydrogen-bond donors (Lipinski definition) is 0. The van der Waals surface area contributed by atoms with E-state index in [0.29, 0.717) is 10.6 Å². The molecule has 6 heteroatoms. The molecule has 2 rings (SSSR count). The van der Waals surface area contributed by atoms with Crippen LogP contribution < -0.4 is 4.74 Å². The molecule has 1 aromatic heterocycles. The predicted molar refractivity (Wildman–Crippen MR) is 60.7 cm³/mol. The Bertz CT molecular complexity index is 522. The Kier molecular flexibility index (Phi) is 3.39. The minimum absolute atomic E-state index is 0.151. The molecule has 0 aliphatic heterocycles. The van der Waals surface area contributed by atoms with Gasteiger partial charge in [-0.3, -0.25) is 4.79 Å². The topological polar surface area (TPSA) is 65.2 Å². The number of halogens is 1. The fourth-order valence-electron chi connectivity index (χ4n) is 1.13. The molecule has 0 aliphatic rings. The molecule has 0 fully saturated rings. The van der Waals surface area contributed by atoms with Crippen molar-refractivity contribution in [1.82, 2.24) is 10.2 Å². The quantitative estimate of drug-likeness (QED) is 0.786. The summed E-state index contributed by atoms with van der Waals surface area (Å²) in [5.41, 5.74) is 0.709. The zero-order valence-corrected chi connectivity index (χ0v) is 9.77. The van der Waals surface area contributed by atoms with Crippen molar-refractivity contribution in [1.29, 1.82) is 0 Å². The third-order valence-electron chi connectivity index (χ3n) is 1.99. The maximum atomic E-state index is 11.0. The molecule has 0 N–H and O–H groups in total. The number of hydrogen-bond acceptors (Lipinski definition) is 5.